The lowest BCUT2D eigenvalue weighted by molar-refractivity contribution is 0.481. The van der Waals surface area contributed by atoms with Gasteiger partial charge < -0.3 is 5.11 Å². The highest BCUT2D eigenvalue weighted by Crippen LogP contribution is 2.35. The van der Waals surface area contributed by atoms with Crippen LogP contribution in [0.15, 0.2) is 60.7 Å². The molecular weight excluding hydrogens is 244 g/mol. The fourth-order valence-corrected chi connectivity index (χ4v) is 3.02. The molecule has 0 aliphatic rings. The summed E-state index contributed by atoms with van der Waals surface area (Å²) >= 11 is 0. The van der Waals surface area contributed by atoms with Crippen LogP contribution in [-0.2, 0) is 0 Å². The number of phenolic OH excluding ortho intramolecular Hbond substituents is 1. The topological polar surface area (TPSA) is 20.2 Å². The molecule has 1 N–H and O–H groups in total. The third-order valence-electron chi connectivity index (χ3n) is 4.04. The van der Waals surface area contributed by atoms with Crippen LogP contribution in [0.2, 0.25) is 0 Å². The Balaban J connectivity index is 2.30. The van der Waals surface area contributed by atoms with E-state index in [0.29, 0.717) is 5.75 Å². The van der Waals surface area contributed by atoms with E-state index in [-0.39, 0.29) is 0 Å². The minimum absolute atomic E-state index is 0.348. The van der Waals surface area contributed by atoms with Crippen molar-refractivity contribution in [3.63, 3.8) is 0 Å². The zero-order valence-corrected chi connectivity index (χ0v) is 11.2. The molecular formula is C19H14O. The summed E-state index contributed by atoms with van der Waals surface area (Å²) in [6, 6.07) is 20.7. The van der Waals surface area contributed by atoms with Gasteiger partial charge in [-0.25, -0.2) is 0 Å². The van der Waals surface area contributed by atoms with Gasteiger partial charge in [0.15, 0.2) is 0 Å². The number of aromatic hydroxyl groups is 1. The second-order valence-corrected chi connectivity index (χ2v) is 5.31. The third-order valence-corrected chi connectivity index (χ3v) is 4.04. The van der Waals surface area contributed by atoms with Crippen LogP contribution < -0.4 is 0 Å². The zero-order chi connectivity index (χ0) is 13.7. The molecule has 0 aliphatic carbocycles. The Bertz CT molecular complexity index is 967. The predicted molar refractivity (Wildman–Crippen MR) is 85.4 cm³/mol. The Hall–Kier alpha value is -2.54. The van der Waals surface area contributed by atoms with Crippen LogP contribution in [0.4, 0.5) is 0 Å². The maximum atomic E-state index is 10.1. The molecule has 0 unspecified atom stereocenters. The van der Waals surface area contributed by atoms with Crippen LogP contribution in [0.3, 0.4) is 0 Å². The molecule has 20 heavy (non-hydrogen) atoms. The number of rotatable bonds is 0. The van der Waals surface area contributed by atoms with Crippen molar-refractivity contribution in [1.82, 2.24) is 0 Å². The van der Waals surface area contributed by atoms with Crippen molar-refractivity contribution in [2.45, 2.75) is 6.92 Å². The smallest absolute Gasteiger partial charge is 0.123 e. The molecule has 0 saturated carbocycles. The van der Waals surface area contributed by atoms with E-state index < -0.39 is 0 Å². The van der Waals surface area contributed by atoms with Crippen molar-refractivity contribution < 1.29 is 5.11 Å². The van der Waals surface area contributed by atoms with Crippen molar-refractivity contribution in [1.29, 1.82) is 0 Å². The van der Waals surface area contributed by atoms with Crippen LogP contribution in [0, 0.1) is 6.92 Å². The second-order valence-electron chi connectivity index (χ2n) is 5.31. The van der Waals surface area contributed by atoms with Gasteiger partial charge in [-0.15, -0.1) is 0 Å². The van der Waals surface area contributed by atoms with E-state index in [9.17, 15) is 5.11 Å². The minimum atomic E-state index is 0.348. The van der Waals surface area contributed by atoms with Gasteiger partial charge in [0.25, 0.3) is 0 Å². The van der Waals surface area contributed by atoms with Gasteiger partial charge in [-0.1, -0.05) is 36.4 Å². The van der Waals surface area contributed by atoms with E-state index in [1.54, 1.807) is 6.07 Å². The predicted octanol–water partition coefficient (Wildman–Crippen LogP) is 5.16. The van der Waals surface area contributed by atoms with Gasteiger partial charge in [0.2, 0.25) is 0 Å². The van der Waals surface area contributed by atoms with Crippen LogP contribution in [0.5, 0.6) is 5.75 Å². The maximum absolute atomic E-state index is 10.1. The second kappa shape index (κ2) is 3.97. The van der Waals surface area contributed by atoms with Crippen LogP contribution in [0.25, 0.3) is 32.3 Å². The molecule has 1 nitrogen and oxygen atoms in total. The molecule has 0 atom stereocenters. The quantitative estimate of drug-likeness (QED) is 0.341. The third kappa shape index (κ3) is 1.50. The van der Waals surface area contributed by atoms with Crippen molar-refractivity contribution >= 4 is 32.3 Å². The monoisotopic (exact) mass is 258 g/mol. The number of aryl methyl sites for hydroxylation is 1. The van der Waals surface area contributed by atoms with E-state index >= 15 is 0 Å². The normalized spacial score (nSPS) is 11.4. The molecule has 0 heterocycles. The van der Waals surface area contributed by atoms with Gasteiger partial charge in [-0.2, -0.15) is 0 Å². The van der Waals surface area contributed by atoms with E-state index in [1.807, 2.05) is 6.07 Å². The molecule has 0 spiro atoms. The first-order chi connectivity index (χ1) is 9.74. The Morgan fingerprint density at radius 2 is 1.35 bits per heavy atom. The van der Waals surface area contributed by atoms with Gasteiger partial charge in [0.05, 0.1) is 0 Å². The SMILES string of the molecule is Cc1cc2c(O)cccc2c2cc3ccccc3cc12. The average Bonchev–Trinajstić information content (AvgIpc) is 2.47. The van der Waals surface area contributed by atoms with Crippen molar-refractivity contribution in [3.05, 3.63) is 66.2 Å². The van der Waals surface area contributed by atoms with Crippen LogP contribution >= 0.6 is 0 Å². The lowest BCUT2D eigenvalue weighted by Crippen LogP contribution is -1.84. The number of fused-ring (bicyclic) bond motifs is 4. The molecule has 0 aromatic heterocycles. The zero-order valence-electron chi connectivity index (χ0n) is 11.2. The van der Waals surface area contributed by atoms with E-state index in [1.165, 1.54) is 27.1 Å². The van der Waals surface area contributed by atoms with Crippen LogP contribution in [-0.4, -0.2) is 5.11 Å². The lowest BCUT2D eigenvalue weighted by Gasteiger charge is -2.10. The molecule has 4 aromatic carbocycles. The molecule has 0 fully saturated rings. The Morgan fingerprint density at radius 3 is 2.10 bits per heavy atom. The molecule has 0 radical (unpaired) electrons. The minimum Gasteiger partial charge on any atom is -0.507 e. The van der Waals surface area contributed by atoms with Gasteiger partial charge >= 0.3 is 0 Å². The summed E-state index contributed by atoms with van der Waals surface area (Å²) in [4.78, 5) is 0. The molecule has 0 aliphatic heterocycles. The first-order valence-electron chi connectivity index (χ1n) is 6.78. The summed E-state index contributed by atoms with van der Waals surface area (Å²) < 4.78 is 0. The number of benzene rings is 4. The van der Waals surface area contributed by atoms with E-state index in [0.717, 1.165) is 10.8 Å². The lowest BCUT2D eigenvalue weighted by atomic mass is 9.95. The molecule has 0 amide bonds. The number of hydrogen-bond donors (Lipinski definition) is 1. The highest BCUT2D eigenvalue weighted by molar-refractivity contribution is 6.14. The molecule has 4 aromatic rings. The van der Waals surface area contributed by atoms with Gasteiger partial charge in [-0.05, 0) is 63.7 Å². The molecule has 0 bridgehead atoms. The van der Waals surface area contributed by atoms with Crippen molar-refractivity contribution in [2.24, 2.45) is 0 Å². The largest absolute Gasteiger partial charge is 0.507 e. The van der Waals surface area contributed by atoms with E-state index in [4.69, 9.17) is 0 Å². The Morgan fingerprint density at radius 1 is 0.650 bits per heavy atom. The van der Waals surface area contributed by atoms with Gasteiger partial charge in [-0.3, -0.25) is 0 Å². The fourth-order valence-electron chi connectivity index (χ4n) is 3.02. The number of hydrogen-bond acceptors (Lipinski definition) is 1. The average molecular weight is 258 g/mol. The molecule has 1 heteroatoms. The highest BCUT2D eigenvalue weighted by Gasteiger charge is 2.08. The first-order valence-corrected chi connectivity index (χ1v) is 6.78. The standard InChI is InChI=1S/C19H14O/c1-12-9-18-15(7-4-8-19(18)20)17-11-14-6-3-2-5-13(14)10-16(12)17/h2-11,20H,1H3. The van der Waals surface area contributed by atoms with Crippen molar-refractivity contribution in [2.75, 3.05) is 0 Å². The van der Waals surface area contributed by atoms with Crippen LogP contribution in [0.1, 0.15) is 5.56 Å². The summed E-state index contributed by atoms with van der Waals surface area (Å²) in [6.07, 6.45) is 0. The van der Waals surface area contributed by atoms with Gasteiger partial charge in [0, 0.05) is 5.39 Å². The molecule has 0 saturated heterocycles. The summed E-state index contributed by atoms with van der Waals surface area (Å²) in [6.45, 7) is 2.10. The Kier molecular flexibility index (Phi) is 2.25. The molecule has 4 rings (SSSR count). The number of phenols is 1. The summed E-state index contributed by atoms with van der Waals surface area (Å²) in [5.74, 6) is 0.348. The summed E-state index contributed by atoms with van der Waals surface area (Å²) in [5, 5.41) is 17.0. The first kappa shape index (κ1) is 11.3. The van der Waals surface area contributed by atoms with E-state index in [2.05, 4.69) is 55.5 Å². The van der Waals surface area contributed by atoms with Crippen molar-refractivity contribution in [3.8, 4) is 5.75 Å². The fraction of sp³-hybridized carbons (Fsp3) is 0.0526. The highest BCUT2D eigenvalue weighted by atomic mass is 16.3. The summed E-state index contributed by atoms with van der Waals surface area (Å²) in [5.41, 5.74) is 1.19. The van der Waals surface area contributed by atoms with Gasteiger partial charge in [0.1, 0.15) is 5.75 Å². The molecule has 96 valence electrons. The Labute approximate surface area is 117 Å². The summed E-state index contributed by atoms with van der Waals surface area (Å²) in [7, 11) is 0. The maximum Gasteiger partial charge on any atom is 0.123 e.